The van der Waals surface area contributed by atoms with Gasteiger partial charge in [0.25, 0.3) is 0 Å². The number of halogens is 1. The largest absolute Gasteiger partial charge is 0.381 e. The third kappa shape index (κ3) is 3.37. The van der Waals surface area contributed by atoms with Gasteiger partial charge in [-0.15, -0.1) is 10.2 Å². The van der Waals surface area contributed by atoms with Crippen LogP contribution in [0.15, 0.2) is 24.3 Å². The van der Waals surface area contributed by atoms with Crippen LogP contribution in [0, 0.1) is 5.41 Å². The first kappa shape index (κ1) is 16.3. The number of aromatic nitrogens is 2. The van der Waals surface area contributed by atoms with E-state index in [4.69, 9.17) is 22.1 Å². The van der Waals surface area contributed by atoms with Gasteiger partial charge in [0, 0.05) is 25.3 Å². The Kier molecular flexibility index (Phi) is 4.91. The van der Waals surface area contributed by atoms with E-state index < -0.39 is 5.41 Å². The molecule has 1 saturated heterocycles. The fourth-order valence-corrected chi connectivity index (χ4v) is 3.59. The van der Waals surface area contributed by atoms with Gasteiger partial charge in [0.05, 0.1) is 10.4 Å². The fraction of sp³-hybridized carbons (Fsp3) is 0.400. The van der Waals surface area contributed by atoms with Gasteiger partial charge in [-0.1, -0.05) is 41.1 Å². The second kappa shape index (κ2) is 6.92. The highest BCUT2D eigenvalue weighted by atomic mass is 35.5. The molecule has 6 nitrogen and oxygen atoms in total. The first-order valence-corrected chi connectivity index (χ1v) is 8.52. The number of hydrogen-bond donors (Lipinski definition) is 2. The molecule has 1 fully saturated rings. The summed E-state index contributed by atoms with van der Waals surface area (Å²) in [5, 5.41) is 12.7. The Hall–Kier alpha value is -1.54. The zero-order valence-corrected chi connectivity index (χ0v) is 14.0. The van der Waals surface area contributed by atoms with E-state index in [1.807, 2.05) is 18.2 Å². The Morgan fingerprint density at radius 1 is 1.35 bits per heavy atom. The summed E-state index contributed by atoms with van der Waals surface area (Å²) in [5.41, 5.74) is 6.05. The van der Waals surface area contributed by atoms with E-state index in [1.165, 1.54) is 11.3 Å². The van der Waals surface area contributed by atoms with Crippen LogP contribution < -0.4 is 11.1 Å². The molecule has 1 aromatic heterocycles. The summed E-state index contributed by atoms with van der Waals surface area (Å²) in [6, 6.07) is 7.40. The molecule has 8 heteroatoms. The van der Waals surface area contributed by atoms with Gasteiger partial charge in [-0.3, -0.25) is 10.1 Å². The number of ether oxygens (including phenoxy) is 1. The van der Waals surface area contributed by atoms with Gasteiger partial charge in [0.15, 0.2) is 5.01 Å². The normalized spacial score (nSPS) is 17.0. The van der Waals surface area contributed by atoms with Crippen molar-refractivity contribution in [2.75, 3.05) is 25.1 Å². The molecule has 0 aliphatic carbocycles. The second-order valence-electron chi connectivity index (χ2n) is 5.44. The number of rotatable bonds is 4. The molecular formula is C15H17ClN4O2S. The van der Waals surface area contributed by atoms with Crippen molar-refractivity contribution in [3.8, 4) is 10.6 Å². The summed E-state index contributed by atoms with van der Waals surface area (Å²) < 4.78 is 5.33. The molecule has 122 valence electrons. The lowest BCUT2D eigenvalue weighted by Crippen LogP contribution is -2.46. The molecule has 3 rings (SSSR count). The molecule has 23 heavy (non-hydrogen) atoms. The minimum Gasteiger partial charge on any atom is -0.381 e. The summed E-state index contributed by atoms with van der Waals surface area (Å²) in [6.45, 7) is 1.38. The molecule has 1 aliphatic heterocycles. The Morgan fingerprint density at radius 3 is 2.78 bits per heavy atom. The monoisotopic (exact) mass is 352 g/mol. The van der Waals surface area contributed by atoms with E-state index in [2.05, 4.69) is 15.5 Å². The van der Waals surface area contributed by atoms with Crippen LogP contribution in [-0.2, 0) is 9.53 Å². The SMILES string of the molecule is NCC1(C(=O)Nc2nnc(-c3ccccc3Cl)s2)CCOCC1. The van der Waals surface area contributed by atoms with Crippen LogP contribution in [0.1, 0.15) is 12.8 Å². The Labute approximate surface area is 143 Å². The van der Waals surface area contributed by atoms with Crippen molar-refractivity contribution in [1.82, 2.24) is 10.2 Å². The molecule has 1 aromatic carbocycles. The van der Waals surface area contributed by atoms with E-state index in [0.29, 0.717) is 47.8 Å². The van der Waals surface area contributed by atoms with Crippen molar-refractivity contribution in [3.05, 3.63) is 29.3 Å². The van der Waals surface area contributed by atoms with Crippen LogP contribution in [0.4, 0.5) is 5.13 Å². The quantitative estimate of drug-likeness (QED) is 0.882. The van der Waals surface area contributed by atoms with Crippen LogP contribution >= 0.6 is 22.9 Å². The number of anilines is 1. The average molecular weight is 353 g/mol. The summed E-state index contributed by atoms with van der Waals surface area (Å²) in [4.78, 5) is 12.6. The summed E-state index contributed by atoms with van der Waals surface area (Å²) >= 11 is 7.45. The number of nitrogens with two attached hydrogens (primary N) is 1. The highest BCUT2D eigenvalue weighted by molar-refractivity contribution is 7.18. The maximum atomic E-state index is 12.6. The summed E-state index contributed by atoms with van der Waals surface area (Å²) in [5.74, 6) is -0.120. The zero-order valence-electron chi connectivity index (χ0n) is 12.4. The van der Waals surface area contributed by atoms with Gasteiger partial charge in [-0.2, -0.15) is 0 Å². The van der Waals surface area contributed by atoms with Gasteiger partial charge in [0.1, 0.15) is 0 Å². The van der Waals surface area contributed by atoms with Crippen molar-refractivity contribution in [1.29, 1.82) is 0 Å². The van der Waals surface area contributed by atoms with Crippen LogP contribution in [0.3, 0.4) is 0 Å². The van der Waals surface area contributed by atoms with Gasteiger partial charge in [0.2, 0.25) is 11.0 Å². The molecule has 1 aliphatic rings. The maximum Gasteiger partial charge on any atom is 0.233 e. The molecule has 3 N–H and O–H groups in total. The van der Waals surface area contributed by atoms with Crippen LogP contribution in [-0.4, -0.2) is 35.9 Å². The first-order chi connectivity index (χ1) is 11.1. The summed E-state index contributed by atoms with van der Waals surface area (Å²) in [6.07, 6.45) is 1.23. The Balaban J connectivity index is 1.76. The second-order valence-corrected chi connectivity index (χ2v) is 6.83. The number of nitrogens with zero attached hydrogens (tertiary/aromatic N) is 2. The predicted octanol–water partition coefficient (Wildman–Crippen LogP) is 2.55. The highest BCUT2D eigenvalue weighted by Gasteiger charge is 2.39. The molecule has 0 radical (unpaired) electrons. The lowest BCUT2D eigenvalue weighted by atomic mass is 9.79. The molecular weight excluding hydrogens is 336 g/mol. The number of amides is 1. The van der Waals surface area contributed by atoms with E-state index >= 15 is 0 Å². The Morgan fingerprint density at radius 2 is 2.09 bits per heavy atom. The topological polar surface area (TPSA) is 90.1 Å². The molecule has 1 amide bonds. The van der Waals surface area contributed by atoms with E-state index in [-0.39, 0.29) is 5.91 Å². The lowest BCUT2D eigenvalue weighted by Gasteiger charge is -2.34. The standard InChI is InChI=1S/C15H17ClN4O2S/c16-11-4-2-1-3-10(11)12-19-20-14(23-12)18-13(21)15(9-17)5-7-22-8-6-15/h1-4H,5-9,17H2,(H,18,20,21). The van der Waals surface area contributed by atoms with Crippen LogP contribution in [0.2, 0.25) is 5.02 Å². The highest BCUT2D eigenvalue weighted by Crippen LogP contribution is 2.34. The van der Waals surface area contributed by atoms with E-state index in [0.717, 1.165) is 5.56 Å². The Bertz CT molecular complexity index is 700. The predicted molar refractivity (Wildman–Crippen MR) is 90.5 cm³/mol. The van der Waals surface area contributed by atoms with Crippen molar-refractivity contribution in [2.24, 2.45) is 11.1 Å². The number of carbonyl (C=O) groups is 1. The fourth-order valence-electron chi connectivity index (χ4n) is 2.53. The molecule has 2 heterocycles. The number of carbonyl (C=O) groups excluding carboxylic acids is 1. The van der Waals surface area contributed by atoms with Crippen LogP contribution in [0.25, 0.3) is 10.6 Å². The summed E-state index contributed by atoms with van der Waals surface area (Å²) in [7, 11) is 0. The van der Waals surface area contributed by atoms with Crippen molar-refractivity contribution < 1.29 is 9.53 Å². The minimum atomic E-state index is -0.589. The van der Waals surface area contributed by atoms with Crippen molar-refractivity contribution >= 4 is 34.0 Å². The number of hydrogen-bond acceptors (Lipinski definition) is 6. The van der Waals surface area contributed by atoms with E-state index in [1.54, 1.807) is 6.07 Å². The van der Waals surface area contributed by atoms with Gasteiger partial charge >= 0.3 is 0 Å². The van der Waals surface area contributed by atoms with Crippen LogP contribution in [0.5, 0.6) is 0 Å². The van der Waals surface area contributed by atoms with Gasteiger partial charge in [-0.05, 0) is 18.9 Å². The average Bonchev–Trinajstić information content (AvgIpc) is 3.04. The molecule has 0 bridgehead atoms. The molecule has 0 saturated carbocycles. The number of benzene rings is 1. The smallest absolute Gasteiger partial charge is 0.233 e. The first-order valence-electron chi connectivity index (χ1n) is 7.32. The molecule has 0 unspecified atom stereocenters. The van der Waals surface area contributed by atoms with Crippen molar-refractivity contribution in [2.45, 2.75) is 12.8 Å². The third-order valence-electron chi connectivity index (χ3n) is 4.07. The maximum absolute atomic E-state index is 12.6. The molecule has 2 aromatic rings. The third-order valence-corrected chi connectivity index (χ3v) is 5.27. The lowest BCUT2D eigenvalue weighted by molar-refractivity contribution is -0.130. The number of nitrogens with one attached hydrogen (secondary N) is 1. The molecule has 0 atom stereocenters. The zero-order chi connectivity index (χ0) is 16.3. The molecule has 0 spiro atoms. The van der Waals surface area contributed by atoms with Gasteiger partial charge < -0.3 is 10.5 Å². The van der Waals surface area contributed by atoms with Gasteiger partial charge in [-0.25, -0.2) is 0 Å². The minimum absolute atomic E-state index is 0.120. The van der Waals surface area contributed by atoms with Crippen molar-refractivity contribution in [3.63, 3.8) is 0 Å². The van der Waals surface area contributed by atoms with E-state index in [9.17, 15) is 4.79 Å².